The number of allylic oxidation sites excluding steroid dienone is 4. The Morgan fingerprint density at radius 1 is 1.47 bits per heavy atom. The Kier molecular flexibility index (Phi) is 8.40. The number of hydrogen-bond acceptors (Lipinski definition) is 3. The standard InChI is InChI=1S/C12H19NO3S/c1-3-11(13(15)16)9-7-5-4-6-8-10(2)12(14)17/h4-5,9-10H,3,6-8H2,1-2H3,(H,14,17)/b5-4+,11-9-. The molecule has 0 N–H and O–H groups in total. The second kappa shape index (κ2) is 8.98. The van der Waals surface area contributed by atoms with Gasteiger partial charge >= 0.3 is 0 Å². The summed E-state index contributed by atoms with van der Waals surface area (Å²) >= 11 is 3.75. The summed E-state index contributed by atoms with van der Waals surface area (Å²) in [5.41, 5.74) is 0.244. The number of thiol groups is 1. The lowest BCUT2D eigenvalue weighted by molar-refractivity contribution is -0.427. The molecule has 17 heavy (non-hydrogen) atoms. The summed E-state index contributed by atoms with van der Waals surface area (Å²) in [6.07, 6.45) is 7.99. The van der Waals surface area contributed by atoms with Gasteiger partial charge in [-0.25, -0.2) is 0 Å². The zero-order valence-electron chi connectivity index (χ0n) is 10.3. The minimum atomic E-state index is -0.352. The highest BCUT2D eigenvalue weighted by atomic mass is 32.1. The number of rotatable bonds is 8. The maximum Gasteiger partial charge on any atom is 0.242 e. The van der Waals surface area contributed by atoms with Gasteiger partial charge < -0.3 is 0 Å². The maximum atomic E-state index is 10.8. The highest BCUT2D eigenvalue weighted by Gasteiger charge is 2.06. The van der Waals surface area contributed by atoms with Crippen molar-refractivity contribution in [1.82, 2.24) is 0 Å². The molecule has 4 nitrogen and oxygen atoms in total. The van der Waals surface area contributed by atoms with E-state index in [9.17, 15) is 14.9 Å². The first-order chi connectivity index (χ1) is 7.99. The molecule has 0 aromatic heterocycles. The lowest BCUT2D eigenvalue weighted by Gasteiger charge is -2.02. The van der Waals surface area contributed by atoms with E-state index in [0.717, 1.165) is 12.8 Å². The van der Waals surface area contributed by atoms with E-state index in [-0.39, 0.29) is 21.7 Å². The third kappa shape index (κ3) is 7.74. The second-order valence-corrected chi connectivity index (χ2v) is 4.27. The fourth-order valence-electron chi connectivity index (χ4n) is 1.24. The van der Waals surface area contributed by atoms with Gasteiger partial charge in [0.1, 0.15) is 0 Å². The van der Waals surface area contributed by atoms with Crippen LogP contribution in [-0.4, -0.2) is 10.0 Å². The molecule has 0 aliphatic carbocycles. The van der Waals surface area contributed by atoms with Crippen LogP contribution in [-0.2, 0) is 4.79 Å². The van der Waals surface area contributed by atoms with Crippen molar-refractivity contribution in [3.05, 3.63) is 34.0 Å². The molecule has 96 valence electrons. The van der Waals surface area contributed by atoms with Crippen LogP contribution in [0.5, 0.6) is 0 Å². The molecule has 0 rings (SSSR count). The van der Waals surface area contributed by atoms with Crippen molar-refractivity contribution in [3.8, 4) is 0 Å². The van der Waals surface area contributed by atoms with Crippen LogP contribution < -0.4 is 0 Å². The van der Waals surface area contributed by atoms with Crippen molar-refractivity contribution >= 4 is 17.7 Å². The van der Waals surface area contributed by atoms with Gasteiger partial charge in [0.05, 0.1) is 4.92 Å². The molecule has 0 spiro atoms. The summed E-state index contributed by atoms with van der Waals surface area (Å²) in [4.78, 5) is 21.0. The maximum absolute atomic E-state index is 10.8. The van der Waals surface area contributed by atoms with Crippen LogP contribution in [0.4, 0.5) is 0 Å². The molecule has 0 radical (unpaired) electrons. The summed E-state index contributed by atoms with van der Waals surface area (Å²) in [6, 6.07) is 0. The Bertz CT molecular complexity index is 324. The molecular formula is C12H19NO3S. The van der Waals surface area contributed by atoms with Gasteiger partial charge in [0.15, 0.2) is 5.12 Å². The molecule has 1 unspecified atom stereocenters. The number of carbonyl (C=O) groups excluding carboxylic acids is 1. The highest BCUT2D eigenvalue weighted by molar-refractivity contribution is 7.96. The van der Waals surface area contributed by atoms with Crippen LogP contribution in [0, 0.1) is 16.0 Å². The van der Waals surface area contributed by atoms with Gasteiger partial charge in [0, 0.05) is 12.3 Å². The highest BCUT2D eigenvalue weighted by Crippen LogP contribution is 2.10. The lowest BCUT2D eigenvalue weighted by Crippen LogP contribution is -2.02. The molecule has 0 bridgehead atoms. The molecule has 1 atom stereocenters. The van der Waals surface area contributed by atoms with Crippen molar-refractivity contribution in [3.63, 3.8) is 0 Å². The summed E-state index contributed by atoms with van der Waals surface area (Å²) in [5, 5.41) is 10.4. The van der Waals surface area contributed by atoms with Crippen molar-refractivity contribution in [2.75, 3.05) is 0 Å². The zero-order valence-corrected chi connectivity index (χ0v) is 11.2. The molecule has 0 fully saturated rings. The topological polar surface area (TPSA) is 60.2 Å². The zero-order chi connectivity index (χ0) is 13.3. The molecule has 5 heteroatoms. The summed E-state index contributed by atoms with van der Waals surface area (Å²) < 4.78 is 0. The van der Waals surface area contributed by atoms with Crippen LogP contribution in [0.25, 0.3) is 0 Å². The van der Waals surface area contributed by atoms with Crippen LogP contribution in [0.1, 0.15) is 39.5 Å². The van der Waals surface area contributed by atoms with E-state index in [1.54, 1.807) is 13.0 Å². The van der Waals surface area contributed by atoms with Crippen molar-refractivity contribution in [1.29, 1.82) is 0 Å². The van der Waals surface area contributed by atoms with Crippen LogP contribution in [0.15, 0.2) is 23.9 Å². The van der Waals surface area contributed by atoms with Gasteiger partial charge in [0.2, 0.25) is 5.70 Å². The average molecular weight is 257 g/mol. The predicted molar refractivity (Wildman–Crippen MR) is 71.5 cm³/mol. The second-order valence-electron chi connectivity index (χ2n) is 3.83. The van der Waals surface area contributed by atoms with E-state index in [0.29, 0.717) is 12.8 Å². The Labute approximate surface area is 107 Å². The minimum Gasteiger partial charge on any atom is -0.287 e. The van der Waals surface area contributed by atoms with Crippen LogP contribution >= 0.6 is 12.6 Å². The van der Waals surface area contributed by atoms with E-state index in [1.807, 2.05) is 19.1 Å². The molecule has 0 amide bonds. The molecule has 0 aromatic carbocycles. The van der Waals surface area contributed by atoms with Gasteiger partial charge in [-0.15, -0.1) is 12.6 Å². The Morgan fingerprint density at radius 2 is 2.12 bits per heavy atom. The molecule has 0 saturated carbocycles. The largest absolute Gasteiger partial charge is 0.287 e. The first-order valence-corrected chi connectivity index (χ1v) is 6.15. The summed E-state index contributed by atoms with van der Waals surface area (Å²) in [6.45, 7) is 3.60. The van der Waals surface area contributed by atoms with Gasteiger partial charge in [-0.2, -0.15) is 0 Å². The van der Waals surface area contributed by atoms with Gasteiger partial charge in [0.25, 0.3) is 0 Å². The SMILES string of the molecule is CC/C(=C/C/C=C/CCC(C)C(=O)S)[N+](=O)[O-]. The molecule has 0 aromatic rings. The summed E-state index contributed by atoms with van der Waals surface area (Å²) in [5.74, 6) is -0.0384. The number of nitro groups is 1. The molecule has 0 aliphatic rings. The molecular weight excluding hydrogens is 238 g/mol. The van der Waals surface area contributed by atoms with E-state index in [4.69, 9.17) is 0 Å². The van der Waals surface area contributed by atoms with E-state index < -0.39 is 0 Å². The monoisotopic (exact) mass is 257 g/mol. The average Bonchev–Trinajstić information content (AvgIpc) is 2.27. The van der Waals surface area contributed by atoms with E-state index >= 15 is 0 Å². The number of carbonyl (C=O) groups is 1. The first-order valence-electron chi connectivity index (χ1n) is 5.70. The Morgan fingerprint density at radius 3 is 2.59 bits per heavy atom. The minimum absolute atomic E-state index is 0.0384. The number of nitrogens with zero attached hydrogens (tertiary/aromatic N) is 1. The fraction of sp³-hybridized carbons (Fsp3) is 0.583. The smallest absolute Gasteiger partial charge is 0.242 e. The molecule has 0 aliphatic heterocycles. The fourth-order valence-corrected chi connectivity index (χ4v) is 1.36. The van der Waals surface area contributed by atoms with Crippen LogP contribution in [0.3, 0.4) is 0 Å². The normalized spacial score (nSPS) is 13.9. The third-order valence-corrected chi connectivity index (χ3v) is 2.88. The molecule has 0 saturated heterocycles. The lowest BCUT2D eigenvalue weighted by atomic mass is 10.1. The number of hydrogen-bond donors (Lipinski definition) is 1. The first kappa shape index (κ1) is 15.9. The van der Waals surface area contributed by atoms with E-state index in [1.165, 1.54) is 0 Å². The molecule has 0 heterocycles. The van der Waals surface area contributed by atoms with Crippen molar-refractivity contribution in [2.24, 2.45) is 5.92 Å². The Balaban J connectivity index is 3.89. The van der Waals surface area contributed by atoms with Gasteiger partial charge in [-0.3, -0.25) is 14.9 Å². The van der Waals surface area contributed by atoms with Gasteiger partial charge in [-0.05, 0) is 25.3 Å². The van der Waals surface area contributed by atoms with Gasteiger partial charge in [-0.1, -0.05) is 26.0 Å². The summed E-state index contributed by atoms with van der Waals surface area (Å²) in [7, 11) is 0. The van der Waals surface area contributed by atoms with Crippen molar-refractivity contribution in [2.45, 2.75) is 39.5 Å². The quantitative estimate of drug-likeness (QED) is 0.314. The third-order valence-electron chi connectivity index (χ3n) is 2.44. The Hall–Kier alpha value is -1.10. The van der Waals surface area contributed by atoms with E-state index in [2.05, 4.69) is 12.6 Å². The predicted octanol–water partition coefficient (Wildman–Crippen LogP) is 3.38. The van der Waals surface area contributed by atoms with Crippen molar-refractivity contribution < 1.29 is 9.72 Å². The van der Waals surface area contributed by atoms with Crippen LogP contribution in [0.2, 0.25) is 0 Å².